The van der Waals surface area contributed by atoms with Crippen molar-refractivity contribution in [2.24, 2.45) is 0 Å². The minimum Gasteiger partial charge on any atom is -0.358 e. The number of hydrogen-bond donors (Lipinski definition) is 1. The first-order chi connectivity index (χ1) is 6.68. The van der Waals surface area contributed by atoms with Crippen molar-refractivity contribution in [3.63, 3.8) is 0 Å². The van der Waals surface area contributed by atoms with Gasteiger partial charge in [0.05, 0.1) is 0 Å². The lowest BCUT2D eigenvalue weighted by Gasteiger charge is -1.99. The number of aromatic amines is 1. The first kappa shape index (κ1) is 10.8. The van der Waals surface area contributed by atoms with E-state index in [-0.39, 0.29) is 1.43 Å². The van der Waals surface area contributed by atoms with E-state index in [0.29, 0.717) is 0 Å². The number of aromatic nitrogens is 1. The van der Waals surface area contributed by atoms with Crippen LogP contribution < -0.4 is 0 Å². The van der Waals surface area contributed by atoms with E-state index in [4.69, 9.17) is 0 Å². The number of fused-ring (bicyclic) bond motifs is 1. The number of aryl methyl sites for hydroxylation is 3. The molecule has 0 saturated heterocycles. The van der Waals surface area contributed by atoms with Gasteiger partial charge in [-0.3, -0.25) is 0 Å². The van der Waals surface area contributed by atoms with Gasteiger partial charge in [0.25, 0.3) is 0 Å². The normalized spacial score (nSPS) is 9.79. The van der Waals surface area contributed by atoms with Gasteiger partial charge in [0.15, 0.2) is 0 Å². The second-order valence-electron chi connectivity index (χ2n) is 3.42. The molecule has 1 heterocycles. The molecule has 0 amide bonds. The van der Waals surface area contributed by atoms with E-state index in [0.717, 1.165) is 0 Å². The molecule has 1 aromatic carbocycles. The molecule has 0 bridgehead atoms. The maximum Gasteiger partial charge on any atom is 0.0488 e. The van der Waals surface area contributed by atoms with Crippen LogP contribution in [0.5, 0.6) is 0 Å². The van der Waals surface area contributed by atoms with Gasteiger partial charge in [0.2, 0.25) is 0 Å². The quantitative estimate of drug-likeness (QED) is 0.636. The lowest BCUT2D eigenvalue weighted by atomic mass is 10.1. The molecule has 0 unspecified atom stereocenters. The number of rotatable bonds is 0. The summed E-state index contributed by atoms with van der Waals surface area (Å²) in [6, 6.07) is 6.52. The molecule has 0 fully saturated rings. The van der Waals surface area contributed by atoms with Crippen LogP contribution in [0.3, 0.4) is 0 Å². The first-order valence-electron chi connectivity index (χ1n) is 5.24. The Morgan fingerprint density at radius 2 is 1.71 bits per heavy atom. The third-order valence-electron chi connectivity index (χ3n) is 2.46. The molecule has 2 aromatic rings. The van der Waals surface area contributed by atoms with Gasteiger partial charge >= 0.3 is 0 Å². The van der Waals surface area contributed by atoms with Crippen LogP contribution in [0.1, 0.15) is 32.1 Å². The van der Waals surface area contributed by atoms with Crippen molar-refractivity contribution < 1.29 is 1.43 Å². The number of nitrogens with one attached hydrogen (secondary N) is 1. The minimum atomic E-state index is 0. The predicted octanol–water partition coefficient (Wildman–Crippen LogP) is 4.37. The molecular formula is C13H21N. The van der Waals surface area contributed by atoms with Crippen LogP contribution >= 0.6 is 0 Å². The van der Waals surface area contributed by atoms with E-state index in [1.807, 2.05) is 13.8 Å². The SMILES string of the molecule is CC.Cc1cc2ccc(C)c(C)c2[nH]1.[HH]. The Labute approximate surface area is 87.6 Å². The van der Waals surface area contributed by atoms with Gasteiger partial charge in [-0.25, -0.2) is 0 Å². The third-order valence-corrected chi connectivity index (χ3v) is 2.46. The summed E-state index contributed by atoms with van der Waals surface area (Å²) in [4.78, 5) is 3.37. The molecule has 0 aliphatic carbocycles. The Hall–Kier alpha value is -1.24. The van der Waals surface area contributed by atoms with E-state index in [1.165, 1.54) is 27.7 Å². The van der Waals surface area contributed by atoms with Crippen LogP contribution in [0.4, 0.5) is 0 Å². The Balaban J connectivity index is 0.000000617. The highest BCUT2D eigenvalue weighted by atomic mass is 14.7. The highest BCUT2D eigenvalue weighted by Crippen LogP contribution is 2.21. The fourth-order valence-electron chi connectivity index (χ4n) is 1.59. The van der Waals surface area contributed by atoms with Crippen molar-refractivity contribution in [3.8, 4) is 0 Å². The van der Waals surface area contributed by atoms with Crippen LogP contribution in [0.15, 0.2) is 18.2 Å². The van der Waals surface area contributed by atoms with Crippen LogP contribution in [0.2, 0.25) is 0 Å². The second kappa shape index (κ2) is 4.32. The van der Waals surface area contributed by atoms with Gasteiger partial charge in [0, 0.05) is 12.6 Å². The van der Waals surface area contributed by atoms with Crippen LogP contribution in [-0.2, 0) is 0 Å². The number of H-pyrrole nitrogens is 1. The first-order valence-corrected chi connectivity index (χ1v) is 5.24. The van der Waals surface area contributed by atoms with Crippen LogP contribution in [0, 0.1) is 20.8 Å². The molecular weight excluding hydrogens is 170 g/mol. The molecule has 1 N–H and O–H groups in total. The summed E-state index contributed by atoms with van der Waals surface area (Å²) < 4.78 is 0. The molecule has 0 aliphatic rings. The second-order valence-corrected chi connectivity index (χ2v) is 3.42. The van der Waals surface area contributed by atoms with Gasteiger partial charge in [-0.2, -0.15) is 0 Å². The monoisotopic (exact) mass is 191 g/mol. The fraction of sp³-hybridized carbons (Fsp3) is 0.385. The fourth-order valence-corrected chi connectivity index (χ4v) is 1.59. The van der Waals surface area contributed by atoms with Gasteiger partial charge in [-0.05, 0) is 43.4 Å². The molecule has 0 saturated carbocycles. The van der Waals surface area contributed by atoms with Crippen LogP contribution in [-0.4, -0.2) is 4.98 Å². The zero-order valence-corrected chi connectivity index (χ0v) is 9.73. The summed E-state index contributed by atoms with van der Waals surface area (Å²) in [7, 11) is 0. The summed E-state index contributed by atoms with van der Waals surface area (Å²) in [5.74, 6) is 0. The molecule has 1 nitrogen and oxygen atoms in total. The Bertz CT molecular complexity index is 429. The lowest BCUT2D eigenvalue weighted by Crippen LogP contribution is -1.81. The lowest BCUT2D eigenvalue weighted by molar-refractivity contribution is 1.27. The Morgan fingerprint density at radius 3 is 2.36 bits per heavy atom. The topological polar surface area (TPSA) is 15.8 Å². The number of hydrogen-bond acceptors (Lipinski definition) is 0. The maximum atomic E-state index is 3.37. The summed E-state index contributed by atoms with van der Waals surface area (Å²) in [6.07, 6.45) is 0. The van der Waals surface area contributed by atoms with Crippen LogP contribution in [0.25, 0.3) is 10.9 Å². The predicted molar refractivity (Wildman–Crippen MR) is 66.0 cm³/mol. The highest BCUT2D eigenvalue weighted by molar-refractivity contribution is 5.84. The van der Waals surface area contributed by atoms with Gasteiger partial charge in [-0.15, -0.1) is 0 Å². The highest BCUT2D eigenvalue weighted by Gasteiger charge is 2.01. The van der Waals surface area contributed by atoms with E-state index in [2.05, 4.69) is 44.0 Å². The molecule has 1 aromatic heterocycles. The van der Waals surface area contributed by atoms with Crippen molar-refractivity contribution in [1.82, 2.24) is 4.98 Å². The van der Waals surface area contributed by atoms with Crippen molar-refractivity contribution >= 4 is 10.9 Å². The van der Waals surface area contributed by atoms with Gasteiger partial charge < -0.3 is 4.98 Å². The average molecular weight is 191 g/mol. The Kier molecular flexibility index (Phi) is 3.34. The van der Waals surface area contributed by atoms with E-state index in [1.54, 1.807) is 0 Å². The minimum absolute atomic E-state index is 0. The molecule has 0 spiro atoms. The van der Waals surface area contributed by atoms with Crippen molar-refractivity contribution in [2.75, 3.05) is 0 Å². The van der Waals surface area contributed by atoms with Gasteiger partial charge in [-0.1, -0.05) is 26.0 Å². The standard InChI is InChI=1S/C11H13N.C2H6.H2/c1-7-4-5-10-6-8(2)12-11(10)9(7)3;1-2;/h4-6,12H,1-3H3;1-2H3;1H. The largest absolute Gasteiger partial charge is 0.358 e. The molecule has 78 valence electrons. The summed E-state index contributed by atoms with van der Waals surface area (Å²) in [5.41, 5.74) is 5.23. The average Bonchev–Trinajstić information content (AvgIpc) is 2.57. The number of benzene rings is 1. The molecule has 2 rings (SSSR count). The van der Waals surface area contributed by atoms with E-state index >= 15 is 0 Å². The van der Waals surface area contributed by atoms with Crippen molar-refractivity contribution in [2.45, 2.75) is 34.6 Å². The zero-order chi connectivity index (χ0) is 10.7. The summed E-state index contributed by atoms with van der Waals surface area (Å²) in [5, 5.41) is 1.32. The zero-order valence-electron chi connectivity index (χ0n) is 9.73. The maximum absolute atomic E-state index is 3.37. The smallest absolute Gasteiger partial charge is 0.0488 e. The van der Waals surface area contributed by atoms with E-state index < -0.39 is 0 Å². The molecule has 0 atom stereocenters. The summed E-state index contributed by atoms with van der Waals surface area (Å²) >= 11 is 0. The molecule has 1 heteroatoms. The molecule has 14 heavy (non-hydrogen) atoms. The van der Waals surface area contributed by atoms with E-state index in [9.17, 15) is 0 Å². The van der Waals surface area contributed by atoms with Crippen molar-refractivity contribution in [1.29, 1.82) is 0 Å². The van der Waals surface area contributed by atoms with Crippen molar-refractivity contribution in [3.05, 3.63) is 35.0 Å². The molecule has 0 radical (unpaired) electrons. The third kappa shape index (κ3) is 1.82. The molecule has 0 aliphatic heterocycles. The Morgan fingerprint density at radius 1 is 1.07 bits per heavy atom. The summed E-state index contributed by atoms with van der Waals surface area (Å²) in [6.45, 7) is 10.4. The van der Waals surface area contributed by atoms with Gasteiger partial charge in [0.1, 0.15) is 0 Å².